The molecule has 4 heteroatoms. The van der Waals surface area contributed by atoms with Gasteiger partial charge in [-0.05, 0) is 37.2 Å². The predicted molar refractivity (Wildman–Crippen MR) is 71.3 cm³/mol. The van der Waals surface area contributed by atoms with Gasteiger partial charge in [0.15, 0.2) is 5.82 Å². The van der Waals surface area contributed by atoms with Crippen molar-refractivity contribution in [3.63, 3.8) is 0 Å². The van der Waals surface area contributed by atoms with Crippen LogP contribution in [0.3, 0.4) is 0 Å². The van der Waals surface area contributed by atoms with Gasteiger partial charge in [-0.25, -0.2) is 4.98 Å². The topological polar surface area (TPSA) is 42.1 Å². The lowest BCUT2D eigenvalue weighted by Gasteiger charge is -2.42. The zero-order valence-electron chi connectivity index (χ0n) is 9.90. The molecule has 0 aromatic carbocycles. The van der Waals surface area contributed by atoms with Crippen LogP contribution < -0.4 is 10.6 Å². The molecule has 0 amide bonds. The Hall–Kier alpha value is -0.960. The number of aromatic nitrogens is 1. The first kappa shape index (κ1) is 11.1. The fourth-order valence-corrected chi connectivity index (χ4v) is 3.48. The normalized spacial score (nSPS) is 28.2. The first-order chi connectivity index (χ1) is 8.22. The number of hydrogen-bond acceptors (Lipinski definition) is 3. The molecule has 3 rings (SSSR count). The maximum Gasteiger partial charge on any atom is 0.151 e. The summed E-state index contributed by atoms with van der Waals surface area (Å²) in [5.74, 6) is 2.59. The molecule has 1 aromatic rings. The highest BCUT2D eigenvalue weighted by atomic mass is 35.5. The lowest BCUT2D eigenvalue weighted by atomic mass is 9.78. The van der Waals surface area contributed by atoms with Gasteiger partial charge in [0.2, 0.25) is 0 Å². The average molecular weight is 252 g/mol. The first-order valence-corrected chi connectivity index (χ1v) is 6.76. The van der Waals surface area contributed by atoms with Gasteiger partial charge in [-0.15, -0.1) is 0 Å². The summed E-state index contributed by atoms with van der Waals surface area (Å²) in [7, 11) is 0. The van der Waals surface area contributed by atoms with Crippen molar-refractivity contribution in [1.82, 2.24) is 4.98 Å². The molecule has 2 fully saturated rings. The third-order valence-electron chi connectivity index (χ3n) is 4.01. The Morgan fingerprint density at radius 2 is 2.00 bits per heavy atom. The van der Waals surface area contributed by atoms with E-state index < -0.39 is 0 Å². The highest BCUT2D eigenvalue weighted by Crippen LogP contribution is 2.37. The Bertz CT molecular complexity index is 409. The number of nitrogens with zero attached hydrogens (tertiary/aromatic N) is 2. The van der Waals surface area contributed by atoms with Crippen LogP contribution in [-0.2, 0) is 0 Å². The highest BCUT2D eigenvalue weighted by molar-refractivity contribution is 6.30. The van der Waals surface area contributed by atoms with Crippen molar-refractivity contribution in [2.75, 3.05) is 23.7 Å². The van der Waals surface area contributed by atoms with Crippen molar-refractivity contribution in [2.45, 2.75) is 25.7 Å². The van der Waals surface area contributed by atoms with Crippen LogP contribution in [0.5, 0.6) is 0 Å². The van der Waals surface area contributed by atoms with Crippen LogP contribution in [0.4, 0.5) is 11.5 Å². The number of anilines is 2. The van der Waals surface area contributed by atoms with Gasteiger partial charge >= 0.3 is 0 Å². The van der Waals surface area contributed by atoms with Crippen molar-refractivity contribution < 1.29 is 0 Å². The first-order valence-electron chi connectivity index (χ1n) is 6.38. The molecule has 3 nitrogen and oxygen atoms in total. The van der Waals surface area contributed by atoms with Crippen LogP contribution >= 0.6 is 11.6 Å². The Kier molecular flexibility index (Phi) is 2.87. The standard InChI is InChI=1S/C13H18ClN3/c14-11-5-12(15)13(16-6-11)17-7-9-2-1-3-10(4-9)8-17/h5-6,9-10H,1-4,7-8,15H2. The molecule has 1 saturated carbocycles. The minimum absolute atomic E-state index is 0.614. The zero-order chi connectivity index (χ0) is 11.8. The minimum Gasteiger partial charge on any atom is -0.396 e. The van der Waals surface area contributed by atoms with Crippen LogP contribution in [0.1, 0.15) is 25.7 Å². The lowest BCUT2D eigenvalue weighted by molar-refractivity contribution is 0.231. The van der Waals surface area contributed by atoms with Crippen molar-refractivity contribution in [3.8, 4) is 0 Å². The summed E-state index contributed by atoms with van der Waals surface area (Å²) in [6, 6.07) is 1.80. The maximum atomic E-state index is 6.01. The van der Waals surface area contributed by atoms with Crippen molar-refractivity contribution in [1.29, 1.82) is 0 Å². The Balaban J connectivity index is 1.84. The van der Waals surface area contributed by atoms with E-state index in [-0.39, 0.29) is 0 Å². The summed E-state index contributed by atoms with van der Waals surface area (Å²) in [5, 5.41) is 0.614. The molecule has 17 heavy (non-hydrogen) atoms. The fourth-order valence-electron chi connectivity index (χ4n) is 3.32. The largest absolute Gasteiger partial charge is 0.396 e. The Morgan fingerprint density at radius 1 is 1.29 bits per heavy atom. The number of fused-ring (bicyclic) bond motifs is 2. The van der Waals surface area contributed by atoms with E-state index in [0.717, 1.165) is 30.7 Å². The molecule has 92 valence electrons. The molecule has 0 radical (unpaired) electrons. The second-order valence-electron chi connectivity index (χ2n) is 5.37. The summed E-state index contributed by atoms with van der Waals surface area (Å²) >= 11 is 5.89. The number of pyridine rings is 1. The molecule has 2 unspecified atom stereocenters. The molecule has 2 bridgehead atoms. The summed E-state index contributed by atoms with van der Waals surface area (Å²) in [6.45, 7) is 2.21. The third kappa shape index (κ3) is 2.21. The van der Waals surface area contributed by atoms with Crippen LogP contribution in [0, 0.1) is 11.8 Å². The van der Waals surface area contributed by atoms with Gasteiger partial charge < -0.3 is 10.6 Å². The molecule has 2 atom stereocenters. The SMILES string of the molecule is Nc1cc(Cl)cnc1N1CC2CCCC(C2)C1. The molecule has 2 aliphatic rings. The van der Waals surface area contributed by atoms with Gasteiger partial charge in [-0.3, -0.25) is 0 Å². The van der Waals surface area contributed by atoms with Crippen molar-refractivity contribution in [3.05, 3.63) is 17.3 Å². The predicted octanol–water partition coefficient (Wildman–Crippen LogP) is 2.94. The molecule has 0 spiro atoms. The average Bonchev–Trinajstić information content (AvgIpc) is 2.28. The summed E-state index contributed by atoms with van der Waals surface area (Å²) in [6.07, 6.45) is 7.20. The highest BCUT2D eigenvalue weighted by Gasteiger charge is 2.31. The quantitative estimate of drug-likeness (QED) is 0.835. The summed E-state index contributed by atoms with van der Waals surface area (Å²) in [5.41, 5.74) is 6.72. The van der Waals surface area contributed by atoms with E-state index in [4.69, 9.17) is 17.3 Å². The molecule has 1 aromatic heterocycles. The molecule has 1 aliphatic carbocycles. The molecule has 1 aliphatic heterocycles. The van der Waals surface area contributed by atoms with Crippen LogP contribution in [0.15, 0.2) is 12.3 Å². The fraction of sp³-hybridized carbons (Fsp3) is 0.615. The number of nitrogens with two attached hydrogens (primary N) is 1. The van der Waals surface area contributed by atoms with E-state index in [1.54, 1.807) is 12.3 Å². The third-order valence-corrected chi connectivity index (χ3v) is 4.22. The van der Waals surface area contributed by atoms with E-state index in [2.05, 4.69) is 9.88 Å². The van der Waals surface area contributed by atoms with Gasteiger partial charge in [0.25, 0.3) is 0 Å². The van der Waals surface area contributed by atoms with E-state index in [9.17, 15) is 0 Å². The number of piperidine rings is 1. The summed E-state index contributed by atoms with van der Waals surface area (Å²) < 4.78 is 0. The van der Waals surface area contributed by atoms with E-state index in [1.165, 1.54) is 25.7 Å². The smallest absolute Gasteiger partial charge is 0.151 e. The Morgan fingerprint density at radius 3 is 2.65 bits per heavy atom. The second-order valence-corrected chi connectivity index (χ2v) is 5.81. The maximum absolute atomic E-state index is 6.01. The molecular formula is C13H18ClN3. The molecule has 2 N–H and O–H groups in total. The van der Waals surface area contributed by atoms with Crippen molar-refractivity contribution >= 4 is 23.1 Å². The minimum atomic E-state index is 0.614. The number of hydrogen-bond donors (Lipinski definition) is 1. The van der Waals surface area contributed by atoms with Crippen LogP contribution in [0.25, 0.3) is 0 Å². The molecule has 1 saturated heterocycles. The molecule has 2 heterocycles. The monoisotopic (exact) mass is 251 g/mol. The van der Waals surface area contributed by atoms with Gasteiger partial charge in [0, 0.05) is 19.3 Å². The lowest BCUT2D eigenvalue weighted by Crippen LogP contribution is -2.43. The van der Waals surface area contributed by atoms with Crippen LogP contribution in [-0.4, -0.2) is 18.1 Å². The van der Waals surface area contributed by atoms with E-state index >= 15 is 0 Å². The van der Waals surface area contributed by atoms with Crippen molar-refractivity contribution in [2.24, 2.45) is 11.8 Å². The van der Waals surface area contributed by atoms with Crippen LogP contribution in [0.2, 0.25) is 5.02 Å². The number of halogens is 1. The van der Waals surface area contributed by atoms with E-state index in [1.807, 2.05) is 0 Å². The van der Waals surface area contributed by atoms with E-state index in [0.29, 0.717) is 10.7 Å². The number of nitrogen functional groups attached to an aromatic ring is 1. The Labute approximate surface area is 107 Å². The van der Waals surface area contributed by atoms with Gasteiger partial charge in [-0.1, -0.05) is 18.0 Å². The van der Waals surface area contributed by atoms with Gasteiger partial charge in [0.1, 0.15) is 0 Å². The second kappa shape index (κ2) is 4.37. The van der Waals surface area contributed by atoms with Gasteiger partial charge in [0.05, 0.1) is 10.7 Å². The summed E-state index contributed by atoms with van der Waals surface area (Å²) in [4.78, 5) is 6.75. The zero-order valence-corrected chi connectivity index (χ0v) is 10.7. The number of rotatable bonds is 1. The van der Waals surface area contributed by atoms with Gasteiger partial charge in [-0.2, -0.15) is 0 Å². The molecular weight excluding hydrogens is 234 g/mol.